The van der Waals surface area contributed by atoms with Crippen molar-refractivity contribution in [3.8, 4) is 11.5 Å². The Labute approximate surface area is 148 Å². The van der Waals surface area contributed by atoms with E-state index in [9.17, 15) is 9.59 Å². The zero-order valence-corrected chi connectivity index (χ0v) is 15.2. The molecule has 0 saturated heterocycles. The summed E-state index contributed by atoms with van der Waals surface area (Å²) in [5.74, 6) is 0.466. The topological polar surface area (TPSA) is 64.6 Å². The molecular formula is C20H23NO4. The molecule has 1 unspecified atom stereocenters. The van der Waals surface area contributed by atoms with E-state index < -0.39 is 6.10 Å². The monoisotopic (exact) mass is 341 g/mol. The Morgan fingerprint density at radius 1 is 1.08 bits per heavy atom. The highest BCUT2D eigenvalue weighted by Crippen LogP contribution is 2.27. The van der Waals surface area contributed by atoms with Gasteiger partial charge in [0.05, 0.1) is 12.7 Å². The number of amides is 1. The fraction of sp³-hybridized carbons (Fsp3) is 0.300. The van der Waals surface area contributed by atoms with E-state index in [1.807, 2.05) is 32.0 Å². The molecule has 132 valence electrons. The van der Waals surface area contributed by atoms with E-state index in [1.54, 1.807) is 25.1 Å². The second-order valence-corrected chi connectivity index (χ2v) is 5.93. The van der Waals surface area contributed by atoms with Gasteiger partial charge in [-0.15, -0.1) is 0 Å². The van der Waals surface area contributed by atoms with E-state index in [0.29, 0.717) is 17.1 Å². The number of ether oxygens (including phenoxy) is 2. The average Bonchev–Trinajstić information content (AvgIpc) is 2.57. The molecule has 5 heteroatoms. The lowest BCUT2D eigenvalue weighted by atomic mass is 10.1. The largest absolute Gasteiger partial charge is 0.497 e. The first-order valence-corrected chi connectivity index (χ1v) is 8.06. The van der Waals surface area contributed by atoms with Gasteiger partial charge in [0.25, 0.3) is 5.91 Å². The highest BCUT2D eigenvalue weighted by Gasteiger charge is 2.19. The molecule has 0 aliphatic heterocycles. The number of rotatable bonds is 6. The Morgan fingerprint density at radius 2 is 1.72 bits per heavy atom. The van der Waals surface area contributed by atoms with Crippen LogP contribution in [0.4, 0.5) is 5.69 Å². The van der Waals surface area contributed by atoms with Crippen LogP contribution in [0.3, 0.4) is 0 Å². The summed E-state index contributed by atoms with van der Waals surface area (Å²) in [6.45, 7) is 6.97. The first-order valence-electron chi connectivity index (χ1n) is 8.06. The molecule has 1 N–H and O–H groups in total. The quantitative estimate of drug-likeness (QED) is 0.809. The van der Waals surface area contributed by atoms with Crippen molar-refractivity contribution < 1.29 is 19.1 Å². The van der Waals surface area contributed by atoms with Crippen molar-refractivity contribution in [1.29, 1.82) is 0 Å². The third-order valence-electron chi connectivity index (χ3n) is 3.97. The van der Waals surface area contributed by atoms with E-state index in [-0.39, 0.29) is 11.7 Å². The molecule has 0 aliphatic rings. The van der Waals surface area contributed by atoms with Crippen LogP contribution in [-0.4, -0.2) is 24.9 Å². The Balaban J connectivity index is 2.20. The molecule has 25 heavy (non-hydrogen) atoms. The van der Waals surface area contributed by atoms with Crippen LogP contribution in [0.25, 0.3) is 0 Å². The number of anilines is 1. The van der Waals surface area contributed by atoms with E-state index in [1.165, 1.54) is 14.0 Å². The maximum absolute atomic E-state index is 12.5. The summed E-state index contributed by atoms with van der Waals surface area (Å²) in [6, 6.07) is 10.7. The Bertz CT molecular complexity index is 778. The van der Waals surface area contributed by atoms with Crippen LogP contribution in [0.15, 0.2) is 36.4 Å². The number of hydrogen-bond acceptors (Lipinski definition) is 4. The fourth-order valence-corrected chi connectivity index (χ4v) is 2.50. The molecule has 1 amide bonds. The molecule has 0 spiro atoms. The van der Waals surface area contributed by atoms with Crippen molar-refractivity contribution in [1.82, 2.24) is 0 Å². The van der Waals surface area contributed by atoms with Crippen LogP contribution in [0.5, 0.6) is 11.5 Å². The zero-order valence-electron chi connectivity index (χ0n) is 15.2. The Kier molecular flexibility index (Phi) is 5.80. The molecule has 0 aromatic heterocycles. The molecule has 1 atom stereocenters. The van der Waals surface area contributed by atoms with Gasteiger partial charge in [0, 0.05) is 11.8 Å². The summed E-state index contributed by atoms with van der Waals surface area (Å²) < 4.78 is 10.9. The standard InChI is InChI=1S/C20H23NO4/c1-12-7-6-8-13(2)19(12)21-20(23)15(4)25-18-11-16(24-5)9-10-17(18)14(3)22/h6-11,15H,1-5H3,(H,21,23). The van der Waals surface area contributed by atoms with Crippen LogP contribution in [0.2, 0.25) is 0 Å². The highest BCUT2D eigenvalue weighted by atomic mass is 16.5. The van der Waals surface area contributed by atoms with Crippen molar-refractivity contribution in [3.63, 3.8) is 0 Å². The zero-order chi connectivity index (χ0) is 18.6. The molecule has 0 fully saturated rings. The molecule has 2 rings (SSSR count). The molecular weight excluding hydrogens is 318 g/mol. The molecule has 5 nitrogen and oxygen atoms in total. The summed E-state index contributed by atoms with van der Waals surface area (Å²) in [7, 11) is 1.53. The number of para-hydroxylation sites is 1. The third-order valence-corrected chi connectivity index (χ3v) is 3.97. The number of benzene rings is 2. The summed E-state index contributed by atoms with van der Waals surface area (Å²) in [6.07, 6.45) is -0.774. The van der Waals surface area contributed by atoms with E-state index in [0.717, 1.165) is 16.8 Å². The predicted molar refractivity (Wildman–Crippen MR) is 97.6 cm³/mol. The molecule has 0 bridgehead atoms. The molecule has 0 heterocycles. The third kappa shape index (κ3) is 4.38. The molecule has 2 aromatic rings. The number of aryl methyl sites for hydroxylation is 2. The summed E-state index contributed by atoms with van der Waals surface area (Å²) in [4.78, 5) is 24.3. The lowest BCUT2D eigenvalue weighted by Crippen LogP contribution is -2.31. The van der Waals surface area contributed by atoms with E-state index in [4.69, 9.17) is 9.47 Å². The van der Waals surface area contributed by atoms with Gasteiger partial charge in [0.1, 0.15) is 11.5 Å². The van der Waals surface area contributed by atoms with Gasteiger partial charge < -0.3 is 14.8 Å². The Hall–Kier alpha value is -2.82. The van der Waals surface area contributed by atoms with Crippen LogP contribution < -0.4 is 14.8 Å². The lowest BCUT2D eigenvalue weighted by molar-refractivity contribution is -0.122. The van der Waals surface area contributed by atoms with Crippen molar-refractivity contribution >= 4 is 17.4 Å². The predicted octanol–water partition coefficient (Wildman–Crippen LogP) is 3.92. The maximum Gasteiger partial charge on any atom is 0.265 e. The van der Waals surface area contributed by atoms with Crippen LogP contribution in [0, 0.1) is 13.8 Å². The van der Waals surface area contributed by atoms with Crippen LogP contribution in [0.1, 0.15) is 35.3 Å². The normalized spacial score (nSPS) is 11.6. The molecule has 0 radical (unpaired) electrons. The van der Waals surface area contributed by atoms with Gasteiger partial charge >= 0.3 is 0 Å². The van der Waals surface area contributed by atoms with Gasteiger partial charge in [0.15, 0.2) is 11.9 Å². The van der Waals surface area contributed by atoms with Crippen LogP contribution >= 0.6 is 0 Å². The molecule has 0 saturated carbocycles. The molecule has 2 aromatic carbocycles. The van der Waals surface area contributed by atoms with Crippen molar-refractivity contribution in [2.45, 2.75) is 33.8 Å². The minimum atomic E-state index is -0.774. The van der Waals surface area contributed by atoms with E-state index >= 15 is 0 Å². The van der Waals surface area contributed by atoms with Gasteiger partial charge in [-0.2, -0.15) is 0 Å². The number of methoxy groups -OCH3 is 1. The lowest BCUT2D eigenvalue weighted by Gasteiger charge is -2.18. The minimum Gasteiger partial charge on any atom is -0.497 e. The second kappa shape index (κ2) is 7.83. The minimum absolute atomic E-state index is 0.139. The van der Waals surface area contributed by atoms with Crippen molar-refractivity contribution in [2.75, 3.05) is 12.4 Å². The van der Waals surface area contributed by atoms with E-state index in [2.05, 4.69) is 5.32 Å². The number of carbonyl (C=O) groups is 2. The Morgan fingerprint density at radius 3 is 2.28 bits per heavy atom. The van der Waals surface area contributed by atoms with Crippen LogP contribution in [-0.2, 0) is 4.79 Å². The number of hydrogen-bond donors (Lipinski definition) is 1. The number of carbonyl (C=O) groups excluding carboxylic acids is 2. The van der Waals surface area contributed by atoms with Gasteiger partial charge in [-0.1, -0.05) is 18.2 Å². The fourth-order valence-electron chi connectivity index (χ4n) is 2.50. The van der Waals surface area contributed by atoms with Gasteiger partial charge in [-0.25, -0.2) is 0 Å². The molecule has 0 aliphatic carbocycles. The SMILES string of the molecule is COc1ccc(C(C)=O)c(OC(C)C(=O)Nc2c(C)cccc2C)c1. The second-order valence-electron chi connectivity index (χ2n) is 5.93. The number of Topliss-reactive ketones (excluding diaryl/α,β-unsaturated/α-hetero) is 1. The van der Waals surface area contributed by atoms with Crippen molar-refractivity contribution in [3.05, 3.63) is 53.1 Å². The number of nitrogens with one attached hydrogen (secondary N) is 1. The smallest absolute Gasteiger partial charge is 0.265 e. The van der Waals surface area contributed by atoms with Crippen molar-refractivity contribution in [2.24, 2.45) is 0 Å². The highest BCUT2D eigenvalue weighted by molar-refractivity contribution is 5.98. The van der Waals surface area contributed by atoms with Gasteiger partial charge in [-0.05, 0) is 51.0 Å². The first-order chi connectivity index (χ1) is 11.8. The average molecular weight is 341 g/mol. The first kappa shape index (κ1) is 18.5. The maximum atomic E-state index is 12.5. The summed E-state index contributed by atoms with van der Waals surface area (Å²) in [5, 5.41) is 2.90. The number of ketones is 1. The summed E-state index contributed by atoms with van der Waals surface area (Å²) >= 11 is 0. The van der Waals surface area contributed by atoms with Gasteiger partial charge in [0.2, 0.25) is 0 Å². The van der Waals surface area contributed by atoms with Gasteiger partial charge in [-0.3, -0.25) is 9.59 Å². The summed E-state index contributed by atoms with van der Waals surface area (Å²) in [5.41, 5.74) is 3.14.